The Morgan fingerprint density at radius 3 is 1.48 bits per heavy atom. The third-order valence-electron chi connectivity index (χ3n) is 12.4. The van der Waals surface area contributed by atoms with E-state index in [2.05, 4.69) is 246 Å². The first kappa shape index (κ1) is 36.5. The van der Waals surface area contributed by atoms with Crippen molar-refractivity contribution in [2.24, 2.45) is 0 Å². The molecule has 0 saturated carbocycles. The number of nitrogens with zero attached hydrogens (tertiary/aromatic N) is 2. The standard InChI is InChI=1S/C60H40N2O/c1-3-14-41(15-4-1)42-28-33-48(34-29-42)61(49-35-30-43(31-36-49)45-18-11-21-51(38-45)62-57-26-9-7-22-53(57)54-23-8-10-27-58(54)62)50-20-12-19-46(39-50)47-32-37-55-56-25-13-24-52(44-16-5-2-6-17-44)60(56)63-59(55)40-47/h1-40H. The lowest BCUT2D eigenvalue weighted by atomic mass is 10.00. The van der Waals surface area contributed by atoms with Crippen molar-refractivity contribution in [2.75, 3.05) is 4.90 Å². The quantitative estimate of drug-likeness (QED) is 0.153. The molecule has 0 spiro atoms. The van der Waals surface area contributed by atoms with Gasteiger partial charge in [0.25, 0.3) is 0 Å². The van der Waals surface area contributed by atoms with Gasteiger partial charge in [0, 0.05) is 49.9 Å². The summed E-state index contributed by atoms with van der Waals surface area (Å²) < 4.78 is 9.05. The van der Waals surface area contributed by atoms with Crippen LogP contribution in [0, 0.1) is 0 Å². The van der Waals surface area contributed by atoms with E-state index in [1.807, 2.05) is 6.07 Å². The summed E-state index contributed by atoms with van der Waals surface area (Å²) in [4.78, 5) is 2.35. The zero-order chi connectivity index (χ0) is 41.7. The maximum Gasteiger partial charge on any atom is 0.143 e. The van der Waals surface area contributed by atoms with Crippen LogP contribution in [0.2, 0.25) is 0 Å². The second kappa shape index (κ2) is 15.3. The van der Waals surface area contributed by atoms with Crippen molar-refractivity contribution in [3.8, 4) is 50.2 Å². The summed E-state index contributed by atoms with van der Waals surface area (Å²) in [6.07, 6.45) is 0. The third kappa shape index (κ3) is 6.46. The molecular weight excluding hydrogens is 765 g/mol. The van der Waals surface area contributed by atoms with E-state index in [9.17, 15) is 0 Å². The maximum atomic E-state index is 6.67. The van der Waals surface area contributed by atoms with Gasteiger partial charge in [-0.15, -0.1) is 0 Å². The Hall–Kier alpha value is -8.40. The number of rotatable bonds is 8. The Balaban J connectivity index is 0.928. The molecule has 0 unspecified atom stereocenters. The lowest BCUT2D eigenvalue weighted by Gasteiger charge is -2.26. The summed E-state index contributed by atoms with van der Waals surface area (Å²) in [7, 11) is 0. The fourth-order valence-electron chi connectivity index (χ4n) is 9.36. The molecule has 63 heavy (non-hydrogen) atoms. The molecule has 296 valence electrons. The lowest BCUT2D eigenvalue weighted by molar-refractivity contribution is 0.670. The molecule has 12 rings (SSSR count). The van der Waals surface area contributed by atoms with Crippen LogP contribution in [0.25, 0.3) is 93.9 Å². The van der Waals surface area contributed by atoms with Gasteiger partial charge in [-0.2, -0.15) is 0 Å². The van der Waals surface area contributed by atoms with Crippen molar-refractivity contribution in [3.05, 3.63) is 243 Å². The summed E-state index contributed by atoms with van der Waals surface area (Å²) in [6, 6.07) is 87.0. The molecule has 0 amide bonds. The molecule has 10 aromatic carbocycles. The fraction of sp³-hybridized carbons (Fsp3) is 0. The van der Waals surface area contributed by atoms with Crippen molar-refractivity contribution < 1.29 is 4.42 Å². The summed E-state index contributed by atoms with van der Waals surface area (Å²) in [5.41, 5.74) is 17.7. The van der Waals surface area contributed by atoms with E-state index in [0.29, 0.717) is 0 Å². The van der Waals surface area contributed by atoms with Gasteiger partial charge in [-0.3, -0.25) is 0 Å². The first-order valence-corrected chi connectivity index (χ1v) is 21.5. The average Bonchev–Trinajstić information content (AvgIpc) is 3.91. The summed E-state index contributed by atoms with van der Waals surface area (Å²) in [6.45, 7) is 0. The monoisotopic (exact) mass is 804 g/mol. The SMILES string of the molecule is c1ccc(-c2ccc(N(c3ccc(-c4cccc(-n5c6ccccc6c6ccccc65)c4)cc3)c3cccc(-c4ccc5c(c4)oc4c(-c6ccccc6)cccc45)c3)cc2)cc1. The van der Waals surface area contributed by atoms with E-state index in [0.717, 1.165) is 72.5 Å². The lowest BCUT2D eigenvalue weighted by Crippen LogP contribution is -2.10. The van der Waals surface area contributed by atoms with Crippen molar-refractivity contribution in [3.63, 3.8) is 0 Å². The van der Waals surface area contributed by atoms with Gasteiger partial charge in [-0.25, -0.2) is 0 Å². The number of aromatic nitrogens is 1. The molecule has 2 aromatic heterocycles. The van der Waals surface area contributed by atoms with E-state index >= 15 is 0 Å². The molecule has 0 N–H and O–H groups in total. The highest BCUT2D eigenvalue weighted by Gasteiger charge is 2.17. The molecule has 0 aliphatic rings. The van der Waals surface area contributed by atoms with E-state index in [1.165, 1.54) is 38.5 Å². The Morgan fingerprint density at radius 1 is 0.302 bits per heavy atom. The molecular formula is C60H40N2O. The number of benzene rings is 10. The predicted molar refractivity (Wildman–Crippen MR) is 264 cm³/mol. The minimum atomic E-state index is 0.877. The highest BCUT2D eigenvalue weighted by molar-refractivity contribution is 6.11. The highest BCUT2D eigenvalue weighted by atomic mass is 16.3. The van der Waals surface area contributed by atoms with Crippen LogP contribution in [0.15, 0.2) is 247 Å². The van der Waals surface area contributed by atoms with E-state index in [1.54, 1.807) is 0 Å². The van der Waals surface area contributed by atoms with Crippen molar-refractivity contribution in [2.45, 2.75) is 0 Å². The summed E-state index contributed by atoms with van der Waals surface area (Å²) in [5, 5.41) is 4.76. The van der Waals surface area contributed by atoms with Crippen LogP contribution in [0.3, 0.4) is 0 Å². The maximum absolute atomic E-state index is 6.67. The van der Waals surface area contributed by atoms with Crippen LogP contribution >= 0.6 is 0 Å². The molecule has 0 aliphatic carbocycles. The zero-order valence-electron chi connectivity index (χ0n) is 34.4. The largest absolute Gasteiger partial charge is 0.455 e. The molecule has 12 aromatic rings. The Kier molecular flexibility index (Phi) is 8.83. The Morgan fingerprint density at radius 2 is 0.794 bits per heavy atom. The fourth-order valence-corrected chi connectivity index (χ4v) is 9.36. The molecule has 0 bridgehead atoms. The number of fused-ring (bicyclic) bond motifs is 6. The average molecular weight is 805 g/mol. The third-order valence-corrected chi connectivity index (χ3v) is 12.4. The normalized spacial score (nSPS) is 11.5. The van der Waals surface area contributed by atoms with Gasteiger partial charge < -0.3 is 13.9 Å². The number of para-hydroxylation sites is 3. The number of furan rings is 1. The van der Waals surface area contributed by atoms with Crippen LogP contribution < -0.4 is 4.90 Å². The molecule has 0 atom stereocenters. The number of hydrogen-bond acceptors (Lipinski definition) is 2. The topological polar surface area (TPSA) is 21.3 Å². The molecule has 0 fully saturated rings. The van der Waals surface area contributed by atoms with Crippen molar-refractivity contribution in [1.82, 2.24) is 4.57 Å². The molecule has 3 nitrogen and oxygen atoms in total. The van der Waals surface area contributed by atoms with E-state index in [4.69, 9.17) is 4.42 Å². The van der Waals surface area contributed by atoms with Crippen LogP contribution in [-0.4, -0.2) is 4.57 Å². The molecule has 0 aliphatic heterocycles. The molecule has 0 saturated heterocycles. The first-order valence-electron chi connectivity index (χ1n) is 21.5. The van der Waals surface area contributed by atoms with Gasteiger partial charge in [-0.05, 0) is 112 Å². The van der Waals surface area contributed by atoms with Crippen LogP contribution in [0.4, 0.5) is 17.1 Å². The summed E-state index contributed by atoms with van der Waals surface area (Å²) >= 11 is 0. The van der Waals surface area contributed by atoms with Gasteiger partial charge in [-0.1, -0.05) is 170 Å². The second-order valence-electron chi connectivity index (χ2n) is 16.1. The van der Waals surface area contributed by atoms with E-state index in [-0.39, 0.29) is 0 Å². The minimum absolute atomic E-state index is 0.877. The number of anilines is 3. The highest BCUT2D eigenvalue weighted by Crippen LogP contribution is 2.41. The second-order valence-corrected chi connectivity index (χ2v) is 16.1. The van der Waals surface area contributed by atoms with Gasteiger partial charge in [0.2, 0.25) is 0 Å². The Bertz CT molecular complexity index is 3550. The summed E-state index contributed by atoms with van der Waals surface area (Å²) in [5.74, 6) is 0. The molecule has 2 heterocycles. The zero-order valence-corrected chi connectivity index (χ0v) is 34.4. The van der Waals surface area contributed by atoms with Crippen LogP contribution in [-0.2, 0) is 0 Å². The van der Waals surface area contributed by atoms with Crippen molar-refractivity contribution in [1.29, 1.82) is 0 Å². The minimum Gasteiger partial charge on any atom is -0.455 e. The number of hydrogen-bond donors (Lipinski definition) is 0. The molecule has 3 heteroatoms. The van der Waals surface area contributed by atoms with Crippen molar-refractivity contribution >= 4 is 60.8 Å². The van der Waals surface area contributed by atoms with Gasteiger partial charge in [0.1, 0.15) is 11.2 Å². The van der Waals surface area contributed by atoms with Gasteiger partial charge in [0.05, 0.1) is 11.0 Å². The Labute approximate surface area is 366 Å². The smallest absolute Gasteiger partial charge is 0.143 e. The predicted octanol–water partition coefficient (Wildman–Crippen LogP) is 16.8. The van der Waals surface area contributed by atoms with E-state index < -0.39 is 0 Å². The van der Waals surface area contributed by atoms with Gasteiger partial charge >= 0.3 is 0 Å². The molecule has 0 radical (unpaired) electrons. The van der Waals surface area contributed by atoms with Gasteiger partial charge in [0.15, 0.2) is 0 Å². The first-order chi connectivity index (χ1) is 31.2. The van der Waals surface area contributed by atoms with Crippen LogP contribution in [0.5, 0.6) is 0 Å². The van der Waals surface area contributed by atoms with Crippen LogP contribution in [0.1, 0.15) is 0 Å².